The van der Waals surface area contributed by atoms with Crippen LogP contribution in [-0.4, -0.2) is 54.4 Å². The van der Waals surface area contributed by atoms with Crippen LogP contribution in [0.2, 0.25) is 5.02 Å². The van der Waals surface area contributed by atoms with Gasteiger partial charge >= 0.3 is 0 Å². The molecule has 0 unspecified atom stereocenters. The molecule has 25 heavy (non-hydrogen) atoms. The van der Waals surface area contributed by atoms with Crippen molar-refractivity contribution in [3.8, 4) is 0 Å². The number of halogens is 1. The maximum absolute atomic E-state index is 12.3. The lowest BCUT2D eigenvalue weighted by atomic mass is 9.98. The number of amides is 1. The van der Waals surface area contributed by atoms with Crippen molar-refractivity contribution in [2.75, 3.05) is 33.7 Å². The Kier molecular flexibility index (Phi) is 5.76. The van der Waals surface area contributed by atoms with Crippen LogP contribution in [0.25, 0.3) is 0 Å². The maximum atomic E-state index is 12.3. The van der Waals surface area contributed by atoms with Gasteiger partial charge in [0, 0.05) is 24.5 Å². The molecule has 1 aliphatic heterocycles. The van der Waals surface area contributed by atoms with E-state index in [1.54, 1.807) is 6.20 Å². The number of likely N-dealkylation sites (N-methyl/N-ethyl adjacent to an activating group) is 1. The minimum Gasteiger partial charge on any atom is -0.445 e. The highest BCUT2D eigenvalue weighted by atomic mass is 35.5. The molecule has 6 heteroatoms. The Balaban J connectivity index is 1.65. The van der Waals surface area contributed by atoms with Crippen molar-refractivity contribution in [3.63, 3.8) is 0 Å². The molecule has 1 aromatic heterocycles. The summed E-state index contributed by atoms with van der Waals surface area (Å²) in [7, 11) is 3.82. The van der Waals surface area contributed by atoms with E-state index in [0.717, 1.165) is 41.6 Å². The molecule has 1 atom stereocenters. The first-order chi connectivity index (χ1) is 12.0. The molecule has 1 fully saturated rings. The number of nitrogens with zero attached hydrogens (tertiary/aromatic N) is 3. The number of piperidine rings is 1. The fourth-order valence-corrected chi connectivity index (χ4v) is 3.40. The molecule has 0 N–H and O–H groups in total. The van der Waals surface area contributed by atoms with Crippen molar-refractivity contribution >= 4 is 17.5 Å². The zero-order valence-corrected chi connectivity index (χ0v) is 15.5. The lowest BCUT2D eigenvalue weighted by molar-refractivity contribution is -0.133. The molecule has 2 heterocycles. The van der Waals surface area contributed by atoms with E-state index < -0.39 is 0 Å². The first kappa shape index (κ1) is 18.0. The van der Waals surface area contributed by atoms with E-state index in [0.29, 0.717) is 19.5 Å². The molecule has 0 saturated carbocycles. The second-order valence-corrected chi connectivity index (χ2v) is 7.26. The van der Waals surface area contributed by atoms with Crippen LogP contribution in [0.1, 0.15) is 36.0 Å². The standard InChI is InChI=1S/C19H24ClN3O2/c1-22(2)13-18(24)23-9-5-7-15(12-23)19-21-11-16(25-19)10-14-6-3-4-8-17(14)20/h3-4,6,8,11,15H,5,7,9-10,12-13H2,1-2H3/t15-/m1/s1. The molecule has 1 aromatic carbocycles. The van der Waals surface area contributed by atoms with Crippen LogP contribution >= 0.6 is 11.6 Å². The molecule has 5 nitrogen and oxygen atoms in total. The van der Waals surface area contributed by atoms with Gasteiger partial charge in [0.2, 0.25) is 5.91 Å². The average Bonchev–Trinajstić information content (AvgIpc) is 3.05. The summed E-state index contributed by atoms with van der Waals surface area (Å²) in [5, 5.41) is 0.735. The molecular weight excluding hydrogens is 338 g/mol. The minimum absolute atomic E-state index is 0.164. The third-order valence-corrected chi connectivity index (χ3v) is 4.84. The van der Waals surface area contributed by atoms with Crippen LogP contribution < -0.4 is 0 Å². The van der Waals surface area contributed by atoms with Gasteiger partial charge in [-0.05, 0) is 38.6 Å². The Morgan fingerprint density at radius 1 is 1.40 bits per heavy atom. The van der Waals surface area contributed by atoms with Crippen LogP contribution in [0.5, 0.6) is 0 Å². The number of likely N-dealkylation sites (tertiary alicyclic amines) is 1. The summed E-state index contributed by atoms with van der Waals surface area (Å²) in [6.07, 6.45) is 4.38. The number of carbonyl (C=O) groups is 1. The summed E-state index contributed by atoms with van der Waals surface area (Å²) < 4.78 is 5.97. The van der Waals surface area contributed by atoms with Gasteiger partial charge in [-0.2, -0.15) is 0 Å². The monoisotopic (exact) mass is 361 g/mol. The highest BCUT2D eigenvalue weighted by Gasteiger charge is 2.27. The van der Waals surface area contributed by atoms with Gasteiger partial charge in [0.15, 0.2) is 5.89 Å². The zero-order valence-electron chi connectivity index (χ0n) is 14.7. The molecule has 1 aliphatic rings. The molecule has 0 bridgehead atoms. The summed E-state index contributed by atoms with van der Waals surface area (Å²) in [4.78, 5) is 20.6. The van der Waals surface area contributed by atoms with Gasteiger partial charge in [-0.3, -0.25) is 4.79 Å². The first-order valence-corrected chi connectivity index (χ1v) is 9.01. The second-order valence-electron chi connectivity index (χ2n) is 6.85. The summed E-state index contributed by atoms with van der Waals surface area (Å²) in [6, 6.07) is 7.75. The third-order valence-electron chi connectivity index (χ3n) is 4.47. The normalized spacial score (nSPS) is 17.9. The Morgan fingerprint density at radius 2 is 2.20 bits per heavy atom. The Bertz CT molecular complexity index is 729. The van der Waals surface area contributed by atoms with E-state index >= 15 is 0 Å². The molecule has 0 radical (unpaired) electrons. The molecule has 1 amide bonds. The molecule has 2 aromatic rings. The van der Waals surface area contributed by atoms with E-state index in [4.69, 9.17) is 16.0 Å². The Labute approximate surface area is 153 Å². The quantitative estimate of drug-likeness (QED) is 0.820. The molecule has 0 spiro atoms. The van der Waals surface area contributed by atoms with Crippen LogP contribution in [0, 0.1) is 0 Å². The SMILES string of the molecule is CN(C)CC(=O)N1CCC[C@@H](c2ncc(Cc3ccccc3Cl)o2)C1. The molecule has 3 rings (SSSR count). The van der Waals surface area contributed by atoms with Gasteiger partial charge in [0.05, 0.1) is 18.7 Å². The highest BCUT2D eigenvalue weighted by Crippen LogP contribution is 2.28. The van der Waals surface area contributed by atoms with Crippen molar-refractivity contribution in [2.45, 2.75) is 25.2 Å². The number of carbonyl (C=O) groups excluding carboxylic acids is 1. The molecular formula is C19H24ClN3O2. The van der Waals surface area contributed by atoms with Crippen LogP contribution in [0.3, 0.4) is 0 Å². The van der Waals surface area contributed by atoms with E-state index in [2.05, 4.69) is 4.98 Å². The second kappa shape index (κ2) is 8.02. The lowest BCUT2D eigenvalue weighted by Crippen LogP contribution is -2.43. The lowest BCUT2D eigenvalue weighted by Gasteiger charge is -2.32. The van der Waals surface area contributed by atoms with Gasteiger partial charge in [-0.15, -0.1) is 0 Å². The van der Waals surface area contributed by atoms with Crippen molar-refractivity contribution < 1.29 is 9.21 Å². The van der Waals surface area contributed by atoms with Crippen molar-refractivity contribution in [2.24, 2.45) is 0 Å². The van der Waals surface area contributed by atoms with Gasteiger partial charge in [-0.25, -0.2) is 4.98 Å². The number of hydrogen-bond acceptors (Lipinski definition) is 4. The molecule has 0 aliphatic carbocycles. The summed E-state index contributed by atoms with van der Waals surface area (Å²) in [5.74, 6) is 1.86. The highest BCUT2D eigenvalue weighted by molar-refractivity contribution is 6.31. The summed E-state index contributed by atoms with van der Waals surface area (Å²) in [6.45, 7) is 1.94. The third kappa shape index (κ3) is 4.61. The van der Waals surface area contributed by atoms with Crippen molar-refractivity contribution in [1.82, 2.24) is 14.8 Å². The number of rotatable bonds is 5. The van der Waals surface area contributed by atoms with Gasteiger partial charge < -0.3 is 14.2 Å². The smallest absolute Gasteiger partial charge is 0.236 e. The fourth-order valence-electron chi connectivity index (χ4n) is 3.20. The maximum Gasteiger partial charge on any atom is 0.236 e. The topological polar surface area (TPSA) is 49.6 Å². The Morgan fingerprint density at radius 3 is 2.96 bits per heavy atom. The minimum atomic E-state index is 0.164. The number of oxazole rings is 1. The summed E-state index contributed by atoms with van der Waals surface area (Å²) in [5.41, 5.74) is 1.03. The Hall–Kier alpha value is -1.85. The first-order valence-electron chi connectivity index (χ1n) is 8.63. The molecule has 1 saturated heterocycles. The zero-order chi connectivity index (χ0) is 17.8. The fraction of sp³-hybridized carbons (Fsp3) is 0.474. The number of aromatic nitrogens is 1. The van der Waals surface area contributed by atoms with E-state index in [1.165, 1.54) is 0 Å². The predicted molar refractivity (Wildman–Crippen MR) is 97.9 cm³/mol. The largest absolute Gasteiger partial charge is 0.445 e. The van der Waals surface area contributed by atoms with Crippen LogP contribution in [0.15, 0.2) is 34.9 Å². The van der Waals surface area contributed by atoms with E-state index in [1.807, 2.05) is 48.2 Å². The van der Waals surface area contributed by atoms with E-state index in [9.17, 15) is 4.79 Å². The number of hydrogen-bond donors (Lipinski definition) is 0. The van der Waals surface area contributed by atoms with Crippen molar-refractivity contribution in [3.05, 3.63) is 52.7 Å². The van der Waals surface area contributed by atoms with Crippen molar-refractivity contribution in [1.29, 1.82) is 0 Å². The molecule has 134 valence electrons. The number of benzene rings is 1. The van der Waals surface area contributed by atoms with Crippen LogP contribution in [0.4, 0.5) is 0 Å². The van der Waals surface area contributed by atoms with Gasteiger partial charge in [-0.1, -0.05) is 29.8 Å². The van der Waals surface area contributed by atoms with Gasteiger partial charge in [0.1, 0.15) is 5.76 Å². The van der Waals surface area contributed by atoms with Crippen LogP contribution in [-0.2, 0) is 11.2 Å². The predicted octanol–water partition coefficient (Wildman–Crippen LogP) is 3.19. The average molecular weight is 362 g/mol. The van der Waals surface area contributed by atoms with Gasteiger partial charge in [0.25, 0.3) is 0 Å². The summed E-state index contributed by atoms with van der Waals surface area (Å²) >= 11 is 6.21. The van der Waals surface area contributed by atoms with E-state index in [-0.39, 0.29) is 11.8 Å².